The zero-order chi connectivity index (χ0) is 60.6. The molecule has 428 valence electrons. The van der Waals surface area contributed by atoms with E-state index in [1.54, 1.807) is 0 Å². The summed E-state index contributed by atoms with van der Waals surface area (Å²) in [5.74, 6) is 0. The Morgan fingerprint density at radius 1 is 0.256 bits per heavy atom. The normalized spacial score (nSPS) is 12.9. The van der Waals surface area contributed by atoms with Crippen LogP contribution >= 0.6 is 0 Å². The minimum atomic E-state index is -0.227. The highest BCUT2D eigenvalue weighted by molar-refractivity contribution is 7.00. The molecule has 0 unspecified atom stereocenters. The van der Waals surface area contributed by atoms with E-state index in [1.165, 1.54) is 109 Å². The van der Waals surface area contributed by atoms with Crippen molar-refractivity contribution >= 4 is 117 Å². The lowest BCUT2D eigenvalue weighted by Crippen LogP contribution is -2.61. The maximum atomic E-state index is 2.67. The first-order chi connectivity index (χ1) is 43.9. The Morgan fingerprint density at radius 3 is 1.26 bits per heavy atom. The molecule has 2 aromatic heterocycles. The number of fused-ring (bicyclic) bond motifs is 14. The zero-order valence-electron chi connectivity index (χ0n) is 51.6. The SMILES string of the molecule is CC(C)(C)c1cc(-c2cc3c4c(c2)N(c2ccccc2-c2ccccc2)c2cc5c(cc2B4c2cc(-c4ccccc4)ccc2N3c2ccccc2-c2ccccc2)c2ccccc2c2ccccc2c2cccc3c4ccccc4n5c23)cc(C(C)(C)C)c1. The monoisotopic (exact) mass is 1150 g/mol. The van der Waals surface area contributed by atoms with E-state index in [1.807, 2.05) is 0 Å². The van der Waals surface area contributed by atoms with Crippen LogP contribution in [0.5, 0.6) is 0 Å². The van der Waals surface area contributed by atoms with Gasteiger partial charge in [0.25, 0.3) is 6.71 Å². The third kappa shape index (κ3) is 8.42. The maximum absolute atomic E-state index is 2.67. The van der Waals surface area contributed by atoms with Gasteiger partial charge in [0.15, 0.2) is 0 Å². The first kappa shape index (κ1) is 53.6. The predicted octanol–water partition coefficient (Wildman–Crippen LogP) is 21.6. The van der Waals surface area contributed by atoms with Crippen molar-refractivity contribution in [2.24, 2.45) is 0 Å². The average Bonchev–Trinajstić information content (AvgIpc) is 0.942. The van der Waals surface area contributed by atoms with Crippen molar-refractivity contribution in [3.05, 3.63) is 302 Å². The number of aromatic nitrogens is 1. The lowest BCUT2D eigenvalue weighted by molar-refractivity contribution is 0.569. The maximum Gasteiger partial charge on any atom is 0.252 e. The topological polar surface area (TPSA) is 10.9 Å². The summed E-state index contributed by atoms with van der Waals surface area (Å²) in [6, 6.07) is 110. The second-order valence-electron chi connectivity index (χ2n) is 26.8. The molecule has 0 spiro atoms. The van der Waals surface area contributed by atoms with Crippen molar-refractivity contribution in [2.75, 3.05) is 9.80 Å². The van der Waals surface area contributed by atoms with Gasteiger partial charge in [-0.3, -0.25) is 0 Å². The summed E-state index contributed by atoms with van der Waals surface area (Å²) < 4.78 is 2.61. The van der Waals surface area contributed by atoms with Crippen LogP contribution in [-0.2, 0) is 10.8 Å². The summed E-state index contributed by atoms with van der Waals surface area (Å²) in [6.45, 7) is 13.9. The summed E-state index contributed by atoms with van der Waals surface area (Å²) in [7, 11) is 0. The molecule has 0 bridgehead atoms. The number of anilines is 6. The minimum Gasteiger partial charge on any atom is -0.311 e. The largest absolute Gasteiger partial charge is 0.311 e. The Morgan fingerprint density at radius 2 is 0.689 bits per heavy atom. The van der Waals surface area contributed by atoms with Crippen molar-refractivity contribution in [1.29, 1.82) is 0 Å². The van der Waals surface area contributed by atoms with Gasteiger partial charge in [-0.1, -0.05) is 290 Å². The molecule has 15 aromatic rings. The predicted molar refractivity (Wildman–Crippen MR) is 387 cm³/mol. The zero-order valence-corrected chi connectivity index (χ0v) is 51.6. The molecule has 2 aliphatic heterocycles. The van der Waals surface area contributed by atoms with Gasteiger partial charge in [0.2, 0.25) is 0 Å². The first-order valence-corrected chi connectivity index (χ1v) is 31.8. The van der Waals surface area contributed by atoms with E-state index in [2.05, 4.69) is 347 Å². The van der Waals surface area contributed by atoms with Crippen LogP contribution in [0.1, 0.15) is 52.7 Å². The van der Waals surface area contributed by atoms with E-state index in [0.29, 0.717) is 0 Å². The van der Waals surface area contributed by atoms with Gasteiger partial charge in [0, 0.05) is 55.4 Å². The highest BCUT2D eigenvalue weighted by Crippen LogP contribution is 2.52. The summed E-state index contributed by atoms with van der Waals surface area (Å²) in [6.07, 6.45) is 0. The van der Waals surface area contributed by atoms with Crippen LogP contribution in [0, 0.1) is 0 Å². The third-order valence-corrected chi connectivity index (χ3v) is 19.4. The fraction of sp³-hybridized carbons (Fsp3) is 0.0930. The molecule has 0 N–H and O–H groups in total. The first-order valence-electron chi connectivity index (χ1n) is 31.8. The molecule has 4 heteroatoms. The standard InChI is InChI=1S/C86H66BN3/c1-85(2,3)61-47-59(48-62(52-61)86(4,5)6)60-50-81-83-82(51-60)89(76-43-24-21-34-64(76)57-31-14-9-15-32-57)80-54-79-72(68-38-19-17-36-66(68)65-35-16-18-37-67(65)70-40-26-41-71-69-39-22-25-44-77(69)90(79)84(70)71)53-74(80)87(83)73-49-58(55-27-10-7-11-28-55)45-46-78(73)88(81)75-42-23-20-33-63(75)56-29-12-8-13-30-56/h7-54H,1-6H3. The fourth-order valence-corrected chi connectivity index (χ4v) is 15.0. The van der Waals surface area contributed by atoms with Gasteiger partial charge in [-0.05, 0) is 136 Å². The molecule has 3 nitrogen and oxygen atoms in total. The highest BCUT2D eigenvalue weighted by Gasteiger charge is 2.45. The Labute approximate surface area is 527 Å². The molecule has 0 radical (unpaired) electrons. The molecule has 17 rings (SSSR count). The van der Waals surface area contributed by atoms with Crippen LogP contribution in [0.3, 0.4) is 0 Å². The number of benzene rings is 13. The molecule has 0 aliphatic carbocycles. The Kier molecular flexibility index (Phi) is 12.2. The lowest BCUT2D eigenvalue weighted by atomic mass is 9.33. The van der Waals surface area contributed by atoms with Crippen LogP contribution in [-0.4, -0.2) is 11.1 Å². The molecular formula is C86H66BN3. The molecule has 2 aliphatic rings. The number of nitrogens with zero attached hydrogens (tertiary/aromatic N) is 3. The second kappa shape index (κ2) is 20.5. The van der Waals surface area contributed by atoms with Crippen LogP contribution in [0.15, 0.2) is 291 Å². The van der Waals surface area contributed by atoms with Crippen molar-refractivity contribution in [3.63, 3.8) is 0 Å². The molecule has 90 heavy (non-hydrogen) atoms. The average molecular weight is 1150 g/mol. The van der Waals surface area contributed by atoms with Gasteiger partial charge in [-0.2, -0.15) is 0 Å². The van der Waals surface area contributed by atoms with Gasteiger partial charge in [-0.25, -0.2) is 0 Å². The van der Waals surface area contributed by atoms with Crippen molar-refractivity contribution in [1.82, 2.24) is 4.40 Å². The van der Waals surface area contributed by atoms with Crippen molar-refractivity contribution in [2.45, 2.75) is 52.4 Å². The van der Waals surface area contributed by atoms with Crippen LogP contribution in [0.4, 0.5) is 34.1 Å². The molecule has 0 saturated carbocycles. The summed E-state index contributed by atoms with van der Waals surface area (Å²) in [5, 5.41) is 9.70. The Balaban J connectivity index is 1.11. The summed E-state index contributed by atoms with van der Waals surface area (Å²) in [4.78, 5) is 5.30. The number of rotatable bonds is 6. The smallest absolute Gasteiger partial charge is 0.252 e. The van der Waals surface area contributed by atoms with E-state index < -0.39 is 0 Å². The van der Waals surface area contributed by atoms with Gasteiger partial charge < -0.3 is 14.2 Å². The van der Waals surface area contributed by atoms with Gasteiger partial charge >= 0.3 is 0 Å². The second-order valence-corrected chi connectivity index (χ2v) is 26.8. The van der Waals surface area contributed by atoms with Crippen molar-refractivity contribution in [3.8, 4) is 44.5 Å². The van der Waals surface area contributed by atoms with E-state index in [4.69, 9.17) is 0 Å². The summed E-state index contributed by atoms with van der Waals surface area (Å²) >= 11 is 0. The quantitative estimate of drug-likeness (QED) is 0.154. The summed E-state index contributed by atoms with van der Waals surface area (Å²) in [5.41, 5.74) is 25.9. The fourth-order valence-electron chi connectivity index (χ4n) is 15.0. The van der Waals surface area contributed by atoms with E-state index >= 15 is 0 Å². The van der Waals surface area contributed by atoms with Gasteiger partial charge in [0.1, 0.15) is 0 Å². The Hall–Kier alpha value is -10.7. The van der Waals surface area contributed by atoms with Crippen molar-refractivity contribution < 1.29 is 0 Å². The molecule has 0 saturated heterocycles. The number of hydrogen-bond acceptors (Lipinski definition) is 2. The molecule has 0 amide bonds. The number of para-hydroxylation sites is 4. The number of hydrogen-bond donors (Lipinski definition) is 0. The van der Waals surface area contributed by atoms with E-state index in [9.17, 15) is 0 Å². The molecule has 13 aromatic carbocycles. The molecular weight excluding hydrogens is 1090 g/mol. The molecule has 0 atom stereocenters. The lowest BCUT2D eigenvalue weighted by Gasteiger charge is -2.45. The van der Waals surface area contributed by atoms with E-state index in [-0.39, 0.29) is 17.5 Å². The van der Waals surface area contributed by atoms with Gasteiger partial charge in [-0.15, -0.1) is 0 Å². The Bertz CT molecular complexity index is 5420. The van der Waals surface area contributed by atoms with Crippen LogP contribution < -0.4 is 26.2 Å². The highest BCUT2D eigenvalue weighted by atomic mass is 15.2. The minimum absolute atomic E-state index is 0.110. The van der Waals surface area contributed by atoms with Crippen LogP contribution in [0.25, 0.3) is 104 Å². The molecule has 4 heterocycles. The molecule has 0 fully saturated rings. The van der Waals surface area contributed by atoms with Gasteiger partial charge in [0.05, 0.1) is 27.9 Å². The van der Waals surface area contributed by atoms with E-state index in [0.717, 1.165) is 56.3 Å². The third-order valence-electron chi connectivity index (χ3n) is 19.4. The van der Waals surface area contributed by atoms with Crippen LogP contribution in [0.2, 0.25) is 0 Å².